The summed E-state index contributed by atoms with van der Waals surface area (Å²) in [6.07, 6.45) is 5.20. The molecule has 2 aliphatic heterocycles. The number of hydrogen-bond acceptors (Lipinski definition) is 9. The molecule has 0 radical (unpaired) electrons. The standard InChI is InChI=1S/C23H23FN6O2S/c24-19-7-15(1-2-16(19)8-25)20-21(33-23(29-20)30-5-3-18(26)4-6-30)17-9-27-22(28-10-17)32-13-14-11-31-12-14/h1-2,7,9-10,14,18H,3-6,11-13,26H2. The molecule has 0 saturated carbocycles. The van der Waals surface area contributed by atoms with E-state index in [0.717, 1.165) is 41.5 Å². The average Bonchev–Trinajstić information content (AvgIpc) is 3.24. The summed E-state index contributed by atoms with van der Waals surface area (Å²) in [6.45, 7) is 3.57. The first-order chi connectivity index (χ1) is 16.1. The number of halogens is 1. The Kier molecular flexibility index (Phi) is 6.17. The number of nitriles is 1. The molecule has 0 spiro atoms. The Morgan fingerprint density at radius 3 is 2.61 bits per heavy atom. The van der Waals surface area contributed by atoms with Gasteiger partial charge < -0.3 is 20.1 Å². The molecular weight excluding hydrogens is 443 g/mol. The number of hydrogen-bond donors (Lipinski definition) is 1. The topological polar surface area (TPSA) is 110 Å². The first-order valence-electron chi connectivity index (χ1n) is 10.8. The molecule has 3 aromatic rings. The van der Waals surface area contributed by atoms with Crippen LogP contribution in [0.1, 0.15) is 18.4 Å². The predicted octanol–water partition coefficient (Wildman–Crippen LogP) is 3.23. The van der Waals surface area contributed by atoms with Crippen LogP contribution in [0.2, 0.25) is 0 Å². The Hall–Kier alpha value is -3.13. The van der Waals surface area contributed by atoms with Gasteiger partial charge >= 0.3 is 6.01 Å². The van der Waals surface area contributed by atoms with Crippen LogP contribution in [-0.4, -0.2) is 53.9 Å². The minimum absolute atomic E-state index is 0.00229. The van der Waals surface area contributed by atoms with Crippen molar-refractivity contribution in [1.82, 2.24) is 15.0 Å². The van der Waals surface area contributed by atoms with Crippen LogP contribution in [0.5, 0.6) is 6.01 Å². The predicted molar refractivity (Wildman–Crippen MR) is 122 cm³/mol. The number of anilines is 1. The van der Waals surface area contributed by atoms with Gasteiger partial charge in [-0.2, -0.15) is 5.26 Å². The van der Waals surface area contributed by atoms with E-state index in [4.69, 9.17) is 25.5 Å². The van der Waals surface area contributed by atoms with E-state index in [0.29, 0.717) is 43.0 Å². The van der Waals surface area contributed by atoms with E-state index in [2.05, 4.69) is 14.9 Å². The number of aromatic nitrogens is 3. The molecule has 2 N–H and O–H groups in total. The molecular formula is C23H23FN6O2S. The molecule has 170 valence electrons. The Morgan fingerprint density at radius 1 is 1.21 bits per heavy atom. The van der Waals surface area contributed by atoms with E-state index >= 15 is 0 Å². The van der Waals surface area contributed by atoms with E-state index < -0.39 is 5.82 Å². The van der Waals surface area contributed by atoms with Crippen LogP contribution in [0.15, 0.2) is 30.6 Å². The third-order valence-corrected chi connectivity index (χ3v) is 7.00. The van der Waals surface area contributed by atoms with Crippen molar-refractivity contribution >= 4 is 16.5 Å². The number of benzene rings is 1. The smallest absolute Gasteiger partial charge is 0.316 e. The molecule has 2 aromatic heterocycles. The van der Waals surface area contributed by atoms with Crippen molar-refractivity contribution in [2.45, 2.75) is 18.9 Å². The van der Waals surface area contributed by atoms with Gasteiger partial charge in [-0.3, -0.25) is 0 Å². The van der Waals surface area contributed by atoms with E-state index in [1.54, 1.807) is 18.5 Å². The minimum Gasteiger partial charge on any atom is -0.463 e. The van der Waals surface area contributed by atoms with Crippen LogP contribution in [-0.2, 0) is 4.74 Å². The summed E-state index contributed by atoms with van der Waals surface area (Å²) >= 11 is 1.52. The quantitative estimate of drug-likeness (QED) is 0.590. The van der Waals surface area contributed by atoms with Crippen molar-refractivity contribution in [1.29, 1.82) is 5.26 Å². The van der Waals surface area contributed by atoms with Gasteiger partial charge in [-0.15, -0.1) is 0 Å². The molecule has 5 rings (SSSR count). The van der Waals surface area contributed by atoms with E-state index in [1.165, 1.54) is 23.5 Å². The lowest BCUT2D eigenvalue weighted by atomic mass is 10.1. The highest BCUT2D eigenvalue weighted by Gasteiger charge is 2.24. The second kappa shape index (κ2) is 9.39. The largest absolute Gasteiger partial charge is 0.463 e. The average molecular weight is 467 g/mol. The maximum atomic E-state index is 14.4. The van der Waals surface area contributed by atoms with E-state index in [-0.39, 0.29) is 11.6 Å². The summed E-state index contributed by atoms with van der Waals surface area (Å²) in [5.74, 6) is -0.188. The maximum absolute atomic E-state index is 14.4. The number of nitrogens with zero attached hydrogens (tertiary/aromatic N) is 5. The SMILES string of the molecule is N#Cc1ccc(-c2nc(N3CCC(N)CC3)sc2-c2cnc(OCC3COC3)nc2)cc1F. The molecule has 2 saturated heterocycles. The first-order valence-corrected chi connectivity index (χ1v) is 11.7. The fraction of sp³-hybridized carbons (Fsp3) is 0.391. The fourth-order valence-electron chi connectivity index (χ4n) is 3.76. The van der Waals surface area contributed by atoms with Crippen molar-refractivity contribution in [3.63, 3.8) is 0 Å². The normalized spacial score (nSPS) is 16.9. The fourth-order valence-corrected chi connectivity index (χ4v) is 4.87. The summed E-state index contributed by atoms with van der Waals surface area (Å²) in [4.78, 5) is 16.6. The van der Waals surface area contributed by atoms with Crippen molar-refractivity contribution in [2.75, 3.05) is 37.8 Å². The molecule has 33 heavy (non-hydrogen) atoms. The van der Waals surface area contributed by atoms with Gasteiger partial charge in [0, 0.05) is 48.6 Å². The van der Waals surface area contributed by atoms with Crippen LogP contribution < -0.4 is 15.4 Å². The summed E-state index contributed by atoms with van der Waals surface area (Å²) in [7, 11) is 0. The maximum Gasteiger partial charge on any atom is 0.316 e. The van der Waals surface area contributed by atoms with Gasteiger partial charge in [0.2, 0.25) is 0 Å². The molecule has 0 aliphatic carbocycles. The number of ether oxygens (including phenoxy) is 2. The monoisotopic (exact) mass is 466 g/mol. The summed E-state index contributed by atoms with van der Waals surface area (Å²) in [5, 5.41) is 9.92. The van der Waals surface area contributed by atoms with Crippen molar-refractivity contribution < 1.29 is 13.9 Å². The van der Waals surface area contributed by atoms with Crippen LogP contribution in [0, 0.1) is 23.1 Å². The molecule has 8 nitrogen and oxygen atoms in total. The molecule has 1 aromatic carbocycles. The van der Waals surface area contributed by atoms with Crippen LogP contribution in [0.3, 0.4) is 0 Å². The summed E-state index contributed by atoms with van der Waals surface area (Å²) < 4.78 is 25.2. The van der Waals surface area contributed by atoms with E-state index in [9.17, 15) is 4.39 Å². The highest BCUT2D eigenvalue weighted by atomic mass is 32.1. The number of piperidine rings is 1. The third-order valence-electron chi connectivity index (χ3n) is 5.83. The zero-order chi connectivity index (χ0) is 22.8. The molecule has 2 aliphatic rings. The van der Waals surface area contributed by atoms with Gasteiger partial charge in [0.1, 0.15) is 11.9 Å². The van der Waals surface area contributed by atoms with Gasteiger partial charge in [0.05, 0.1) is 36.0 Å². The molecule has 0 atom stereocenters. The molecule has 4 heterocycles. The molecule has 0 bridgehead atoms. The second-order valence-electron chi connectivity index (χ2n) is 8.27. The third kappa shape index (κ3) is 4.66. The van der Waals surface area contributed by atoms with E-state index in [1.807, 2.05) is 6.07 Å². The zero-order valence-electron chi connectivity index (χ0n) is 17.9. The first kappa shape index (κ1) is 21.7. The molecule has 0 amide bonds. The van der Waals surface area contributed by atoms with Crippen LogP contribution in [0.4, 0.5) is 9.52 Å². The number of thiazole rings is 1. The van der Waals surface area contributed by atoms with Gasteiger partial charge in [-0.25, -0.2) is 19.3 Å². The summed E-state index contributed by atoms with van der Waals surface area (Å²) in [6, 6.07) is 6.93. The molecule has 10 heteroatoms. The van der Waals surface area contributed by atoms with Crippen molar-refractivity contribution in [3.05, 3.63) is 42.0 Å². The van der Waals surface area contributed by atoms with Gasteiger partial charge in [0.25, 0.3) is 0 Å². The molecule has 0 unspecified atom stereocenters. The highest BCUT2D eigenvalue weighted by molar-refractivity contribution is 7.19. The lowest BCUT2D eigenvalue weighted by Crippen LogP contribution is -2.39. The van der Waals surface area contributed by atoms with Crippen LogP contribution >= 0.6 is 11.3 Å². The van der Waals surface area contributed by atoms with Crippen LogP contribution in [0.25, 0.3) is 21.7 Å². The van der Waals surface area contributed by atoms with Gasteiger partial charge in [0.15, 0.2) is 5.13 Å². The van der Waals surface area contributed by atoms with Gasteiger partial charge in [-0.1, -0.05) is 17.4 Å². The van der Waals surface area contributed by atoms with Crippen molar-refractivity contribution in [3.8, 4) is 33.8 Å². The number of nitrogens with two attached hydrogens (primary N) is 1. The lowest BCUT2D eigenvalue weighted by molar-refractivity contribution is -0.0520. The Labute approximate surface area is 194 Å². The zero-order valence-corrected chi connectivity index (χ0v) is 18.7. The lowest BCUT2D eigenvalue weighted by Gasteiger charge is -2.29. The second-order valence-corrected chi connectivity index (χ2v) is 9.25. The minimum atomic E-state index is -0.570. The Balaban J connectivity index is 1.46. The van der Waals surface area contributed by atoms with Gasteiger partial charge in [-0.05, 0) is 25.0 Å². The summed E-state index contributed by atoms with van der Waals surface area (Å²) in [5.41, 5.74) is 8.07. The van der Waals surface area contributed by atoms with Crippen molar-refractivity contribution in [2.24, 2.45) is 11.7 Å². The highest BCUT2D eigenvalue weighted by Crippen LogP contribution is 2.41. The number of rotatable bonds is 6. The molecule has 2 fully saturated rings. The Bertz CT molecular complexity index is 1170. The Morgan fingerprint density at radius 2 is 1.97 bits per heavy atom.